The highest BCUT2D eigenvalue weighted by Crippen LogP contribution is 2.32. The van der Waals surface area contributed by atoms with E-state index in [2.05, 4.69) is 0 Å². The Kier molecular flexibility index (Phi) is 4.43. The number of alkyl halides is 3. The fourth-order valence-corrected chi connectivity index (χ4v) is 2.17. The second kappa shape index (κ2) is 6.10. The predicted molar refractivity (Wildman–Crippen MR) is 73.8 cm³/mol. The van der Waals surface area contributed by atoms with Crippen LogP contribution in [-0.2, 0) is 19.1 Å². The molecule has 0 radical (unpaired) electrons. The van der Waals surface area contributed by atoms with E-state index in [0.29, 0.717) is 5.56 Å². The highest BCUT2D eigenvalue weighted by molar-refractivity contribution is 5.99. The van der Waals surface area contributed by atoms with Crippen molar-refractivity contribution in [3.8, 4) is 0 Å². The lowest BCUT2D eigenvalue weighted by molar-refractivity contribution is -0.137. The number of ketones is 1. The highest BCUT2D eigenvalue weighted by Gasteiger charge is 2.34. The van der Waals surface area contributed by atoms with Gasteiger partial charge in [-0.25, -0.2) is 0 Å². The van der Waals surface area contributed by atoms with Crippen molar-refractivity contribution in [1.82, 2.24) is 0 Å². The third kappa shape index (κ3) is 3.49. The molecule has 2 aromatic rings. The van der Waals surface area contributed by atoms with Crippen LogP contribution >= 0.6 is 0 Å². The summed E-state index contributed by atoms with van der Waals surface area (Å²) in [5.41, 5.74) is 5.78. The van der Waals surface area contributed by atoms with Crippen LogP contribution in [-0.4, -0.2) is 5.78 Å². The molecule has 0 aliphatic heterocycles. The van der Waals surface area contributed by atoms with Crippen molar-refractivity contribution in [2.45, 2.75) is 19.1 Å². The number of carbonyl (C=O) groups excluding carboxylic acids is 1. The summed E-state index contributed by atoms with van der Waals surface area (Å²) < 4.78 is 38.8. The Morgan fingerprint density at radius 1 is 0.952 bits per heavy atom. The van der Waals surface area contributed by atoms with Crippen LogP contribution in [0.4, 0.5) is 13.2 Å². The summed E-state index contributed by atoms with van der Waals surface area (Å²) in [4.78, 5) is 12.2. The monoisotopic (exact) mass is 293 g/mol. The molecule has 0 amide bonds. The Labute approximate surface area is 120 Å². The quantitative estimate of drug-likeness (QED) is 0.875. The first-order valence-electron chi connectivity index (χ1n) is 6.39. The van der Waals surface area contributed by atoms with E-state index < -0.39 is 17.5 Å². The number of halogens is 3. The Bertz CT molecular complexity index is 650. The maximum Gasteiger partial charge on any atom is 0.417 e. The number of benzene rings is 2. The second-order valence-electron chi connectivity index (χ2n) is 4.62. The van der Waals surface area contributed by atoms with Gasteiger partial charge in [0.25, 0.3) is 0 Å². The minimum atomic E-state index is -4.54. The second-order valence-corrected chi connectivity index (χ2v) is 4.62. The fraction of sp³-hybridized carbons (Fsp3) is 0.188. The van der Waals surface area contributed by atoms with Gasteiger partial charge in [0, 0.05) is 18.5 Å². The summed E-state index contributed by atoms with van der Waals surface area (Å²) >= 11 is 0. The van der Waals surface area contributed by atoms with E-state index >= 15 is 0 Å². The molecule has 0 aliphatic carbocycles. The number of rotatable bonds is 4. The molecule has 0 heterocycles. The van der Waals surface area contributed by atoms with E-state index in [1.807, 2.05) is 0 Å². The molecule has 0 fully saturated rings. The molecule has 0 unspecified atom stereocenters. The number of carbonyl (C=O) groups is 1. The van der Waals surface area contributed by atoms with Crippen molar-refractivity contribution in [2.24, 2.45) is 5.73 Å². The third-order valence-electron chi connectivity index (χ3n) is 3.22. The van der Waals surface area contributed by atoms with Gasteiger partial charge in [-0.3, -0.25) is 4.79 Å². The van der Waals surface area contributed by atoms with Crippen LogP contribution in [0.25, 0.3) is 0 Å². The zero-order valence-electron chi connectivity index (χ0n) is 11.2. The van der Waals surface area contributed by atoms with Gasteiger partial charge < -0.3 is 5.73 Å². The van der Waals surface area contributed by atoms with Crippen molar-refractivity contribution in [2.75, 3.05) is 0 Å². The lowest BCUT2D eigenvalue weighted by Crippen LogP contribution is -2.15. The van der Waals surface area contributed by atoms with Crippen LogP contribution < -0.4 is 5.73 Å². The molecule has 0 bridgehead atoms. The summed E-state index contributed by atoms with van der Waals surface area (Å²) in [6.45, 7) is 0.240. The van der Waals surface area contributed by atoms with E-state index in [4.69, 9.17) is 5.73 Å². The van der Waals surface area contributed by atoms with Gasteiger partial charge in [0.15, 0.2) is 5.78 Å². The first-order chi connectivity index (χ1) is 9.93. The smallest absolute Gasteiger partial charge is 0.326 e. The van der Waals surface area contributed by atoms with Gasteiger partial charge in [0.2, 0.25) is 0 Å². The van der Waals surface area contributed by atoms with E-state index in [1.165, 1.54) is 18.2 Å². The van der Waals surface area contributed by atoms with Crippen LogP contribution in [0.15, 0.2) is 48.5 Å². The van der Waals surface area contributed by atoms with Crippen LogP contribution in [0.2, 0.25) is 0 Å². The fourth-order valence-electron chi connectivity index (χ4n) is 2.17. The number of hydrogen-bond donors (Lipinski definition) is 1. The first kappa shape index (κ1) is 15.3. The maximum absolute atomic E-state index is 12.9. The van der Waals surface area contributed by atoms with Crippen molar-refractivity contribution in [1.29, 1.82) is 0 Å². The highest BCUT2D eigenvalue weighted by atomic mass is 19.4. The number of nitrogens with two attached hydrogens (primary N) is 1. The number of hydrogen-bond acceptors (Lipinski definition) is 2. The predicted octanol–water partition coefficient (Wildman–Crippen LogP) is 3.59. The molecule has 0 saturated heterocycles. The first-order valence-corrected chi connectivity index (χ1v) is 6.39. The van der Waals surface area contributed by atoms with Crippen molar-refractivity contribution >= 4 is 5.78 Å². The largest absolute Gasteiger partial charge is 0.417 e. The molecule has 21 heavy (non-hydrogen) atoms. The zero-order chi connectivity index (χ0) is 15.5. The molecule has 0 atom stereocenters. The summed E-state index contributed by atoms with van der Waals surface area (Å²) in [5, 5.41) is 0. The van der Waals surface area contributed by atoms with Crippen molar-refractivity contribution in [3.63, 3.8) is 0 Å². The molecule has 2 nitrogen and oxygen atoms in total. The molecule has 0 aromatic heterocycles. The third-order valence-corrected chi connectivity index (χ3v) is 3.22. The minimum Gasteiger partial charge on any atom is -0.326 e. The Hall–Kier alpha value is -2.14. The lowest BCUT2D eigenvalue weighted by atomic mass is 9.96. The summed E-state index contributed by atoms with van der Waals surface area (Å²) in [6.07, 6.45) is -4.64. The normalized spacial score (nSPS) is 11.4. The molecule has 2 aromatic carbocycles. The van der Waals surface area contributed by atoms with Crippen LogP contribution in [0, 0.1) is 0 Å². The van der Waals surface area contributed by atoms with Gasteiger partial charge in [0.05, 0.1) is 5.56 Å². The molecule has 5 heteroatoms. The van der Waals surface area contributed by atoms with E-state index in [1.54, 1.807) is 24.3 Å². The minimum absolute atomic E-state index is 0.0968. The average Bonchev–Trinajstić information content (AvgIpc) is 2.47. The van der Waals surface area contributed by atoms with E-state index in [9.17, 15) is 18.0 Å². The van der Waals surface area contributed by atoms with E-state index in [-0.39, 0.29) is 18.5 Å². The van der Waals surface area contributed by atoms with Gasteiger partial charge >= 0.3 is 6.18 Å². The molecular weight excluding hydrogens is 279 g/mol. The lowest BCUT2D eigenvalue weighted by Gasteiger charge is -2.12. The molecule has 2 rings (SSSR count). The summed E-state index contributed by atoms with van der Waals surface area (Å²) in [6, 6.07) is 11.8. The van der Waals surface area contributed by atoms with Crippen LogP contribution in [0.3, 0.4) is 0 Å². The Morgan fingerprint density at radius 2 is 1.52 bits per heavy atom. The van der Waals surface area contributed by atoms with Gasteiger partial charge in [-0.05, 0) is 17.2 Å². The van der Waals surface area contributed by atoms with Gasteiger partial charge in [-0.1, -0.05) is 42.5 Å². The topological polar surface area (TPSA) is 43.1 Å². The standard InChI is InChI=1S/C16H14F3NO/c17-16(18,19)14-8-4-3-7-13(14)15(21)9-11-5-1-2-6-12(11)10-20/h1-8H,9-10,20H2. The van der Waals surface area contributed by atoms with Crippen LogP contribution in [0.5, 0.6) is 0 Å². The molecule has 0 saturated carbocycles. The maximum atomic E-state index is 12.9. The van der Waals surface area contributed by atoms with Gasteiger partial charge in [-0.2, -0.15) is 13.2 Å². The van der Waals surface area contributed by atoms with Crippen molar-refractivity contribution in [3.05, 3.63) is 70.8 Å². The molecule has 0 aliphatic rings. The van der Waals surface area contributed by atoms with E-state index in [0.717, 1.165) is 11.6 Å². The van der Waals surface area contributed by atoms with Crippen molar-refractivity contribution < 1.29 is 18.0 Å². The number of Topliss-reactive ketones (excluding diaryl/α,β-unsaturated/α-hetero) is 1. The SMILES string of the molecule is NCc1ccccc1CC(=O)c1ccccc1C(F)(F)F. The Morgan fingerprint density at radius 3 is 2.14 bits per heavy atom. The summed E-state index contributed by atoms with van der Waals surface area (Å²) in [7, 11) is 0. The van der Waals surface area contributed by atoms with Gasteiger partial charge in [-0.15, -0.1) is 0 Å². The molecule has 2 N–H and O–H groups in total. The Balaban J connectivity index is 2.34. The van der Waals surface area contributed by atoms with Crippen LogP contribution in [0.1, 0.15) is 27.0 Å². The molecule has 110 valence electrons. The van der Waals surface area contributed by atoms with Gasteiger partial charge in [0.1, 0.15) is 0 Å². The zero-order valence-corrected chi connectivity index (χ0v) is 11.2. The molecule has 0 spiro atoms. The molecular formula is C16H14F3NO. The summed E-state index contributed by atoms with van der Waals surface area (Å²) in [5.74, 6) is -0.566. The average molecular weight is 293 g/mol.